The van der Waals surface area contributed by atoms with Gasteiger partial charge in [0.1, 0.15) is 12.4 Å². The number of pyridine rings is 1. The van der Waals surface area contributed by atoms with Crippen LogP contribution >= 0.6 is 27.3 Å². The number of thiazole rings is 1. The number of anilines is 2. The van der Waals surface area contributed by atoms with Crippen LogP contribution in [0, 0.1) is 0 Å². The van der Waals surface area contributed by atoms with Crippen LogP contribution in [0.2, 0.25) is 0 Å². The predicted octanol–water partition coefficient (Wildman–Crippen LogP) is 4.11. The summed E-state index contributed by atoms with van der Waals surface area (Å²) in [7, 11) is 0. The van der Waals surface area contributed by atoms with Crippen LogP contribution in [-0.4, -0.2) is 35.1 Å². The van der Waals surface area contributed by atoms with Gasteiger partial charge in [-0.05, 0) is 27.6 Å². The largest absolute Gasteiger partial charge is 0.445 e. The molecule has 160 valence electrons. The number of nitrogens with one attached hydrogen (secondary N) is 3. The maximum Gasteiger partial charge on any atom is 0.407 e. The van der Waals surface area contributed by atoms with Crippen LogP contribution in [0.5, 0.6) is 0 Å². The van der Waals surface area contributed by atoms with Gasteiger partial charge in [0.15, 0.2) is 5.13 Å². The highest BCUT2D eigenvalue weighted by Gasteiger charge is 2.27. The minimum absolute atomic E-state index is 0.0861. The Hall–Kier alpha value is -2.98. The maximum atomic E-state index is 12.2. The third-order valence-electron chi connectivity index (χ3n) is 4.69. The van der Waals surface area contributed by atoms with Crippen molar-refractivity contribution in [3.63, 3.8) is 0 Å². The number of hydrogen-bond acceptors (Lipinski definition) is 7. The molecule has 2 aromatic heterocycles. The molecule has 2 amide bonds. The van der Waals surface area contributed by atoms with E-state index in [4.69, 9.17) is 4.74 Å². The number of amides is 2. The van der Waals surface area contributed by atoms with Crippen LogP contribution in [0.4, 0.5) is 15.7 Å². The second-order valence-electron chi connectivity index (χ2n) is 6.89. The van der Waals surface area contributed by atoms with Crippen LogP contribution in [0.25, 0.3) is 0 Å². The predicted molar refractivity (Wildman–Crippen MR) is 122 cm³/mol. The van der Waals surface area contributed by atoms with Gasteiger partial charge in [0, 0.05) is 47.0 Å². The third-order valence-corrected chi connectivity index (χ3v) is 5.90. The first-order valence-corrected chi connectivity index (χ1v) is 11.3. The fourth-order valence-corrected chi connectivity index (χ4v) is 4.31. The molecule has 3 aromatic rings. The van der Waals surface area contributed by atoms with Crippen molar-refractivity contribution < 1.29 is 14.3 Å². The van der Waals surface area contributed by atoms with Crippen LogP contribution in [0.15, 0.2) is 52.4 Å². The topological polar surface area (TPSA) is 105 Å². The summed E-state index contributed by atoms with van der Waals surface area (Å²) in [5, 5.41) is 11.1. The fraction of sp³-hybridized carbons (Fsp3) is 0.238. The van der Waals surface area contributed by atoms with Crippen molar-refractivity contribution in [1.29, 1.82) is 0 Å². The highest BCUT2D eigenvalue weighted by molar-refractivity contribution is 9.10. The summed E-state index contributed by atoms with van der Waals surface area (Å²) in [4.78, 5) is 32.9. The van der Waals surface area contributed by atoms with E-state index in [2.05, 4.69) is 41.8 Å². The fourth-order valence-electron chi connectivity index (χ4n) is 3.18. The van der Waals surface area contributed by atoms with E-state index >= 15 is 0 Å². The summed E-state index contributed by atoms with van der Waals surface area (Å²) in [6, 6.07) is 11.4. The molecule has 3 N–H and O–H groups in total. The second-order valence-corrected chi connectivity index (χ2v) is 8.66. The van der Waals surface area contributed by atoms with Crippen molar-refractivity contribution in [2.24, 2.45) is 0 Å². The summed E-state index contributed by atoms with van der Waals surface area (Å²) in [6.07, 6.45) is 1.33. The zero-order valence-corrected chi connectivity index (χ0v) is 18.8. The van der Waals surface area contributed by atoms with Crippen molar-refractivity contribution in [1.82, 2.24) is 15.3 Å². The highest BCUT2D eigenvalue weighted by Crippen LogP contribution is 2.37. The van der Waals surface area contributed by atoms with Gasteiger partial charge in [0.2, 0.25) is 5.91 Å². The van der Waals surface area contributed by atoms with E-state index in [9.17, 15) is 9.59 Å². The van der Waals surface area contributed by atoms with Crippen LogP contribution in [-0.2, 0) is 16.1 Å². The molecule has 0 aliphatic carbocycles. The number of halogens is 1. The van der Waals surface area contributed by atoms with E-state index < -0.39 is 6.09 Å². The van der Waals surface area contributed by atoms with Gasteiger partial charge in [-0.15, -0.1) is 11.3 Å². The van der Waals surface area contributed by atoms with Crippen molar-refractivity contribution in [2.45, 2.75) is 18.9 Å². The number of hydrogen-bond donors (Lipinski definition) is 3. The van der Waals surface area contributed by atoms with E-state index in [1.165, 1.54) is 11.3 Å². The molecule has 10 heteroatoms. The van der Waals surface area contributed by atoms with E-state index in [0.29, 0.717) is 11.7 Å². The number of aromatic nitrogens is 2. The van der Waals surface area contributed by atoms with Crippen molar-refractivity contribution in [2.75, 3.05) is 23.7 Å². The van der Waals surface area contributed by atoms with Gasteiger partial charge >= 0.3 is 6.09 Å². The molecule has 8 nitrogen and oxygen atoms in total. The number of fused-ring (bicyclic) bond motifs is 1. The molecule has 0 radical (unpaired) electrons. The summed E-state index contributed by atoms with van der Waals surface area (Å²) >= 11 is 4.83. The summed E-state index contributed by atoms with van der Waals surface area (Å²) in [6.45, 7) is 1.08. The Kier molecular flexibility index (Phi) is 6.78. The third kappa shape index (κ3) is 5.59. The first kappa shape index (κ1) is 21.3. The molecule has 4 rings (SSSR count). The quantitative estimate of drug-likeness (QED) is 0.449. The van der Waals surface area contributed by atoms with Crippen LogP contribution in [0.3, 0.4) is 0 Å². The average molecular weight is 502 g/mol. The van der Waals surface area contributed by atoms with Crippen LogP contribution in [0.1, 0.15) is 29.2 Å². The van der Waals surface area contributed by atoms with E-state index in [0.717, 1.165) is 27.1 Å². The number of carbonyl (C=O) groups is 2. The lowest BCUT2D eigenvalue weighted by Gasteiger charge is -2.07. The Morgan fingerprint density at radius 1 is 1.29 bits per heavy atom. The number of ether oxygens (including phenoxy) is 1. The standard InChI is InChI=1S/C21H20BrN5O3S/c22-14-8-15-16(10-25-19(15)24-9-14)17-12-31-20(26-17)27-18(28)6-7-23-21(29)30-11-13-4-2-1-3-5-13/h1-5,8-9,12,16H,6-7,10-11H2,(H,23,29)(H,24,25)(H,26,27,28). The lowest BCUT2D eigenvalue weighted by molar-refractivity contribution is -0.116. The van der Waals surface area contributed by atoms with E-state index in [1.54, 1.807) is 6.20 Å². The Balaban J connectivity index is 1.22. The number of carbonyl (C=O) groups excluding carboxylic acids is 2. The summed E-state index contributed by atoms with van der Waals surface area (Å²) in [5.41, 5.74) is 2.86. The van der Waals surface area contributed by atoms with Crippen LogP contribution < -0.4 is 16.0 Å². The van der Waals surface area contributed by atoms with Gasteiger partial charge in [-0.3, -0.25) is 4.79 Å². The molecule has 0 saturated carbocycles. The first-order valence-electron chi connectivity index (χ1n) is 9.67. The van der Waals surface area contributed by atoms with E-state index in [-0.39, 0.29) is 31.4 Å². The number of alkyl carbamates (subject to hydrolysis) is 1. The molecule has 0 fully saturated rings. The van der Waals surface area contributed by atoms with Gasteiger partial charge < -0.3 is 20.7 Å². The SMILES string of the molecule is O=C(CCNC(=O)OCc1ccccc1)Nc1nc(C2CNc3ncc(Br)cc32)cs1. The number of benzene rings is 1. The molecule has 3 heterocycles. The maximum absolute atomic E-state index is 12.2. The Labute approximate surface area is 191 Å². The molecule has 1 unspecified atom stereocenters. The highest BCUT2D eigenvalue weighted by atomic mass is 79.9. The molecule has 0 saturated heterocycles. The lowest BCUT2D eigenvalue weighted by Crippen LogP contribution is -2.28. The number of rotatable bonds is 7. The van der Waals surface area contributed by atoms with Gasteiger partial charge in [0.25, 0.3) is 0 Å². The molecule has 1 aliphatic heterocycles. The minimum atomic E-state index is -0.555. The monoisotopic (exact) mass is 501 g/mol. The average Bonchev–Trinajstić information content (AvgIpc) is 3.39. The van der Waals surface area contributed by atoms with Gasteiger partial charge in [0.05, 0.1) is 5.69 Å². The van der Waals surface area contributed by atoms with Crippen molar-refractivity contribution >= 4 is 50.2 Å². The van der Waals surface area contributed by atoms with E-state index in [1.807, 2.05) is 41.8 Å². The van der Waals surface area contributed by atoms with Crippen molar-refractivity contribution in [3.8, 4) is 0 Å². The Bertz CT molecular complexity index is 1080. The Morgan fingerprint density at radius 3 is 2.97 bits per heavy atom. The molecule has 31 heavy (non-hydrogen) atoms. The zero-order valence-electron chi connectivity index (χ0n) is 16.4. The molecule has 0 bridgehead atoms. The molecule has 0 spiro atoms. The Morgan fingerprint density at radius 2 is 2.13 bits per heavy atom. The first-order chi connectivity index (χ1) is 15.1. The van der Waals surface area contributed by atoms with Gasteiger partial charge in [-0.1, -0.05) is 30.3 Å². The number of nitrogens with zero attached hydrogens (tertiary/aromatic N) is 2. The van der Waals surface area contributed by atoms with Gasteiger partial charge in [-0.25, -0.2) is 14.8 Å². The summed E-state index contributed by atoms with van der Waals surface area (Å²) in [5.74, 6) is 0.721. The molecule has 1 aliphatic rings. The lowest BCUT2D eigenvalue weighted by atomic mass is 10.0. The smallest absolute Gasteiger partial charge is 0.407 e. The molecular weight excluding hydrogens is 482 g/mol. The van der Waals surface area contributed by atoms with Crippen molar-refractivity contribution in [3.05, 3.63) is 69.3 Å². The molecule has 1 atom stereocenters. The van der Waals surface area contributed by atoms with Gasteiger partial charge in [-0.2, -0.15) is 0 Å². The molecule has 1 aromatic carbocycles. The summed E-state index contributed by atoms with van der Waals surface area (Å²) < 4.78 is 6.03. The zero-order chi connectivity index (χ0) is 21.6. The second kappa shape index (κ2) is 9.88. The minimum Gasteiger partial charge on any atom is -0.445 e. The normalized spacial score (nSPS) is 14.4. The molecular formula is C21H20BrN5O3S.